The highest BCUT2D eigenvalue weighted by Crippen LogP contribution is 2.29. The Morgan fingerprint density at radius 1 is 1.14 bits per heavy atom. The number of anilines is 1. The fraction of sp³-hybridized carbons (Fsp3) is 0.0625. The first-order valence-electron chi connectivity index (χ1n) is 6.50. The standard InChI is InChI=1S/C16H12Cl2N2O2/c1-22-15-5-3-10(18)7-14(15)20-16(21)12-8-19-13-6-9(17)2-4-11(12)13/h2-8,19H,1H3,(H,20,21). The van der Waals surface area contributed by atoms with Gasteiger partial charge in [0.15, 0.2) is 0 Å². The molecule has 0 radical (unpaired) electrons. The number of carbonyl (C=O) groups excluding carboxylic acids is 1. The van der Waals surface area contributed by atoms with Crippen LogP contribution in [0, 0.1) is 0 Å². The number of aromatic amines is 1. The molecule has 0 spiro atoms. The normalized spacial score (nSPS) is 10.7. The van der Waals surface area contributed by atoms with Crippen LogP contribution >= 0.6 is 23.2 Å². The number of ether oxygens (including phenoxy) is 1. The number of aromatic nitrogens is 1. The average Bonchev–Trinajstić information content (AvgIpc) is 2.90. The summed E-state index contributed by atoms with van der Waals surface area (Å²) in [5.74, 6) is 0.287. The highest BCUT2D eigenvalue weighted by molar-refractivity contribution is 6.31. The number of benzene rings is 2. The molecule has 0 aliphatic rings. The van der Waals surface area contributed by atoms with Gasteiger partial charge in [-0.1, -0.05) is 29.3 Å². The number of rotatable bonds is 3. The van der Waals surface area contributed by atoms with Crippen LogP contribution < -0.4 is 10.1 Å². The van der Waals surface area contributed by atoms with E-state index < -0.39 is 0 Å². The highest BCUT2D eigenvalue weighted by atomic mass is 35.5. The molecule has 3 aromatic rings. The van der Waals surface area contributed by atoms with Crippen molar-refractivity contribution < 1.29 is 9.53 Å². The fourth-order valence-electron chi connectivity index (χ4n) is 2.25. The van der Waals surface area contributed by atoms with E-state index in [1.165, 1.54) is 7.11 Å². The van der Waals surface area contributed by atoms with E-state index in [-0.39, 0.29) is 5.91 Å². The maximum absolute atomic E-state index is 12.5. The van der Waals surface area contributed by atoms with Gasteiger partial charge in [-0.25, -0.2) is 0 Å². The molecule has 1 aromatic heterocycles. The third-order valence-corrected chi connectivity index (χ3v) is 3.77. The minimum absolute atomic E-state index is 0.255. The van der Waals surface area contributed by atoms with E-state index in [4.69, 9.17) is 27.9 Å². The Morgan fingerprint density at radius 2 is 1.86 bits per heavy atom. The summed E-state index contributed by atoms with van der Waals surface area (Å²) in [5, 5.41) is 4.73. The SMILES string of the molecule is COc1ccc(Cl)cc1NC(=O)c1c[nH]c2cc(Cl)ccc12. The minimum atomic E-state index is -0.255. The van der Waals surface area contributed by atoms with Gasteiger partial charge in [0, 0.05) is 27.1 Å². The van der Waals surface area contributed by atoms with Crippen LogP contribution in [0.25, 0.3) is 10.9 Å². The van der Waals surface area contributed by atoms with Gasteiger partial charge in [0.25, 0.3) is 5.91 Å². The van der Waals surface area contributed by atoms with Gasteiger partial charge in [-0.05, 0) is 30.3 Å². The molecule has 0 bridgehead atoms. The van der Waals surface area contributed by atoms with Crippen LogP contribution in [0.15, 0.2) is 42.6 Å². The zero-order chi connectivity index (χ0) is 15.7. The summed E-state index contributed by atoms with van der Waals surface area (Å²) in [4.78, 5) is 15.5. The Balaban J connectivity index is 1.95. The number of hydrogen-bond donors (Lipinski definition) is 2. The lowest BCUT2D eigenvalue weighted by atomic mass is 10.1. The van der Waals surface area contributed by atoms with E-state index in [0.29, 0.717) is 27.0 Å². The third-order valence-electron chi connectivity index (χ3n) is 3.30. The monoisotopic (exact) mass is 334 g/mol. The molecule has 2 N–H and O–H groups in total. The summed E-state index contributed by atoms with van der Waals surface area (Å²) in [7, 11) is 1.53. The van der Waals surface area contributed by atoms with Crippen molar-refractivity contribution in [3.8, 4) is 5.75 Å². The summed E-state index contributed by atoms with van der Waals surface area (Å²) >= 11 is 11.9. The molecule has 0 saturated heterocycles. The van der Waals surface area contributed by atoms with E-state index in [9.17, 15) is 4.79 Å². The molecule has 6 heteroatoms. The number of hydrogen-bond acceptors (Lipinski definition) is 2. The minimum Gasteiger partial charge on any atom is -0.495 e. The first-order chi connectivity index (χ1) is 10.6. The van der Waals surface area contributed by atoms with Crippen LogP contribution in [-0.2, 0) is 0 Å². The number of halogens is 2. The molecule has 0 unspecified atom stereocenters. The molecular formula is C16H12Cl2N2O2. The molecule has 0 atom stereocenters. The molecular weight excluding hydrogens is 323 g/mol. The van der Waals surface area contributed by atoms with Gasteiger partial charge in [-0.15, -0.1) is 0 Å². The molecule has 0 fully saturated rings. The molecule has 2 aromatic carbocycles. The first-order valence-corrected chi connectivity index (χ1v) is 7.25. The zero-order valence-corrected chi connectivity index (χ0v) is 13.1. The van der Waals surface area contributed by atoms with Crippen molar-refractivity contribution in [3.63, 3.8) is 0 Å². The molecule has 4 nitrogen and oxygen atoms in total. The average molecular weight is 335 g/mol. The maximum Gasteiger partial charge on any atom is 0.257 e. The number of methoxy groups -OCH3 is 1. The van der Waals surface area contributed by atoms with Gasteiger partial charge in [-0.3, -0.25) is 4.79 Å². The second-order valence-electron chi connectivity index (χ2n) is 4.69. The van der Waals surface area contributed by atoms with E-state index in [2.05, 4.69) is 10.3 Å². The van der Waals surface area contributed by atoms with E-state index in [1.807, 2.05) is 0 Å². The maximum atomic E-state index is 12.5. The van der Waals surface area contributed by atoms with Crippen molar-refractivity contribution in [3.05, 3.63) is 58.2 Å². The summed E-state index contributed by atoms with van der Waals surface area (Å²) in [6.07, 6.45) is 1.65. The molecule has 112 valence electrons. The third kappa shape index (κ3) is 2.75. The van der Waals surface area contributed by atoms with Crippen molar-refractivity contribution in [1.29, 1.82) is 0 Å². The Hall–Kier alpha value is -2.17. The van der Waals surface area contributed by atoms with Crippen molar-refractivity contribution in [2.75, 3.05) is 12.4 Å². The Morgan fingerprint density at radius 3 is 2.64 bits per heavy atom. The van der Waals surface area contributed by atoms with Gasteiger partial charge >= 0.3 is 0 Å². The van der Waals surface area contributed by atoms with Crippen molar-refractivity contribution >= 4 is 45.7 Å². The molecule has 3 rings (SSSR count). The van der Waals surface area contributed by atoms with Crippen LogP contribution in [0.1, 0.15) is 10.4 Å². The van der Waals surface area contributed by atoms with Gasteiger partial charge in [0.2, 0.25) is 0 Å². The van der Waals surface area contributed by atoms with Gasteiger partial charge < -0.3 is 15.0 Å². The Labute approximate surface area is 137 Å². The molecule has 22 heavy (non-hydrogen) atoms. The van der Waals surface area contributed by atoms with E-state index in [1.54, 1.807) is 42.6 Å². The Kier molecular flexibility index (Phi) is 3.96. The summed E-state index contributed by atoms with van der Waals surface area (Å²) in [5.41, 5.74) is 1.84. The van der Waals surface area contributed by atoms with Crippen molar-refractivity contribution in [2.45, 2.75) is 0 Å². The van der Waals surface area contributed by atoms with E-state index >= 15 is 0 Å². The van der Waals surface area contributed by atoms with E-state index in [0.717, 1.165) is 10.9 Å². The summed E-state index contributed by atoms with van der Waals surface area (Å²) < 4.78 is 5.22. The number of H-pyrrole nitrogens is 1. The fourth-order valence-corrected chi connectivity index (χ4v) is 2.60. The van der Waals surface area contributed by atoms with Crippen LogP contribution in [-0.4, -0.2) is 18.0 Å². The molecule has 1 heterocycles. The topological polar surface area (TPSA) is 54.1 Å². The van der Waals surface area contributed by atoms with Crippen molar-refractivity contribution in [1.82, 2.24) is 4.98 Å². The van der Waals surface area contributed by atoms with Gasteiger partial charge in [-0.2, -0.15) is 0 Å². The van der Waals surface area contributed by atoms with Crippen molar-refractivity contribution in [2.24, 2.45) is 0 Å². The number of carbonyl (C=O) groups is 1. The molecule has 0 saturated carbocycles. The predicted molar refractivity (Wildman–Crippen MR) is 89.3 cm³/mol. The first kappa shape index (κ1) is 14.8. The van der Waals surface area contributed by atoms with Crippen LogP contribution in [0.3, 0.4) is 0 Å². The second kappa shape index (κ2) is 5.91. The van der Waals surface area contributed by atoms with Crippen LogP contribution in [0.4, 0.5) is 5.69 Å². The second-order valence-corrected chi connectivity index (χ2v) is 5.56. The molecule has 1 amide bonds. The van der Waals surface area contributed by atoms with Crippen LogP contribution in [0.5, 0.6) is 5.75 Å². The smallest absolute Gasteiger partial charge is 0.257 e. The number of fused-ring (bicyclic) bond motifs is 1. The molecule has 0 aliphatic carbocycles. The van der Waals surface area contributed by atoms with Gasteiger partial charge in [0.1, 0.15) is 5.75 Å². The number of nitrogens with one attached hydrogen (secondary N) is 2. The largest absolute Gasteiger partial charge is 0.495 e. The summed E-state index contributed by atoms with van der Waals surface area (Å²) in [6.45, 7) is 0. The summed E-state index contributed by atoms with van der Waals surface area (Å²) in [6, 6.07) is 10.4. The highest BCUT2D eigenvalue weighted by Gasteiger charge is 2.14. The Bertz CT molecular complexity index is 858. The zero-order valence-electron chi connectivity index (χ0n) is 11.6. The lowest BCUT2D eigenvalue weighted by molar-refractivity contribution is 0.102. The molecule has 0 aliphatic heterocycles. The van der Waals surface area contributed by atoms with Crippen LogP contribution in [0.2, 0.25) is 10.0 Å². The quantitative estimate of drug-likeness (QED) is 0.727. The van der Waals surface area contributed by atoms with Gasteiger partial charge in [0.05, 0.1) is 18.4 Å². The predicted octanol–water partition coefficient (Wildman–Crippen LogP) is 4.74. The lowest BCUT2D eigenvalue weighted by Crippen LogP contribution is -2.12. The lowest BCUT2D eigenvalue weighted by Gasteiger charge is -2.10. The number of amides is 1.